The van der Waals surface area contributed by atoms with Crippen LogP contribution >= 0.6 is 0 Å². The maximum absolute atomic E-state index is 12.4. The van der Waals surface area contributed by atoms with Gasteiger partial charge in [-0.15, -0.1) is 0 Å². The van der Waals surface area contributed by atoms with Crippen molar-refractivity contribution in [2.75, 3.05) is 18.5 Å². The molecule has 0 radical (unpaired) electrons. The lowest BCUT2D eigenvalue weighted by Gasteiger charge is -2.11. The largest absolute Gasteiger partial charge is 0.494 e. The molecule has 4 heteroatoms. The van der Waals surface area contributed by atoms with Gasteiger partial charge < -0.3 is 14.8 Å². The molecule has 0 fully saturated rings. The Morgan fingerprint density at radius 3 is 2.42 bits per heavy atom. The molecule has 2 rings (SSSR count). The summed E-state index contributed by atoms with van der Waals surface area (Å²) in [4.78, 5) is 12.4. The summed E-state index contributed by atoms with van der Waals surface area (Å²) in [5.41, 5.74) is 1.32. The molecule has 2 aromatic rings. The average molecular weight is 355 g/mol. The van der Waals surface area contributed by atoms with Gasteiger partial charge in [0.2, 0.25) is 0 Å². The molecule has 1 N–H and O–H groups in total. The number of amides is 1. The number of anilines is 1. The Hall–Kier alpha value is -2.49. The summed E-state index contributed by atoms with van der Waals surface area (Å²) < 4.78 is 11.4. The minimum Gasteiger partial charge on any atom is -0.494 e. The molecule has 0 bridgehead atoms. The van der Waals surface area contributed by atoms with Crippen LogP contribution in [-0.4, -0.2) is 19.1 Å². The van der Waals surface area contributed by atoms with Gasteiger partial charge in [0.15, 0.2) is 0 Å². The molecular weight excluding hydrogens is 326 g/mol. The number of unbranched alkanes of at least 4 members (excludes halogenated alkanes) is 1. The SMILES string of the molecule is CCCCOc1ccc(C(=O)Nc2cccc(OCCC(C)C)c2)cc1. The molecule has 0 heterocycles. The van der Waals surface area contributed by atoms with Gasteiger partial charge in [-0.05, 0) is 55.2 Å². The molecule has 0 unspecified atom stereocenters. The first-order valence-electron chi connectivity index (χ1n) is 9.35. The first-order valence-corrected chi connectivity index (χ1v) is 9.35. The Morgan fingerprint density at radius 1 is 1.00 bits per heavy atom. The Kier molecular flexibility index (Phi) is 8.00. The van der Waals surface area contributed by atoms with Gasteiger partial charge in [-0.3, -0.25) is 4.79 Å². The average Bonchev–Trinajstić information content (AvgIpc) is 2.62. The number of benzene rings is 2. The van der Waals surface area contributed by atoms with Crippen LogP contribution in [0.2, 0.25) is 0 Å². The minimum absolute atomic E-state index is 0.149. The molecule has 0 atom stereocenters. The third-order valence-corrected chi connectivity index (χ3v) is 3.94. The highest BCUT2D eigenvalue weighted by Crippen LogP contribution is 2.19. The van der Waals surface area contributed by atoms with Crippen LogP contribution in [0.5, 0.6) is 11.5 Å². The van der Waals surface area contributed by atoms with Crippen LogP contribution in [-0.2, 0) is 0 Å². The van der Waals surface area contributed by atoms with E-state index in [1.165, 1.54) is 0 Å². The van der Waals surface area contributed by atoms with Crippen molar-refractivity contribution in [2.45, 2.75) is 40.0 Å². The maximum atomic E-state index is 12.4. The van der Waals surface area contributed by atoms with E-state index < -0.39 is 0 Å². The van der Waals surface area contributed by atoms with Gasteiger partial charge in [0.1, 0.15) is 11.5 Å². The van der Waals surface area contributed by atoms with Crippen LogP contribution in [0.25, 0.3) is 0 Å². The second-order valence-corrected chi connectivity index (χ2v) is 6.74. The maximum Gasteiger partial charge on any atom is 0.255 e. The third-order valence-electron chi connectivity index (χ3n) is 3.94. The zero-order chi connectivity index (χ0) is 18.8. The minimum atomic E-state index is -0.149. The van der Waals surface area contributed by atoms with E-state index in [9.17, 15) is 4.79 Å². The lowest BCUT2D eigenvalue weighted by molar-refractivity contribution is 0.102. The fourth-order valence-electron chi connectivity index (χ4n) is 2.32. The molecule has 0 aliphatic heterocycles. The van der Waals surface area contributed by atoms with E-state index in [-0.39, 0.29) is 5.91 Å². The number of carbonyl (C=O) groups is 1. The molecule has 0 saturated carbocycles. The smallest absolute Gasteiger partial charge is 0.255 e. The number of hydrogen-bond acceptors (Lipinski definition) is 3. The third kappa shape index (κ3) is 6.79. The summed E-state index contributed by atoms with van der Waals surface area (Å²) in [6, 6.07) is 14.7. The van der Waals surface area contributed by atoms with Crippen LogP contribution in [0.15, 0.2) is 48.5 Å². The van der Waals surface area contributed by atoms with Crippen LogP contribution in [0.4, 0.5) is 5.69 Å². The van der Waals surface area contributed by atoms with Gasteiger partial charge in [0.05, 0.1) is 13.2 Å². The lowest BCUT2D eigenvalue weighted by atomic mass is 10.1. The first kappa shape index (κ1) is 19.8. The van der Waals surface area contributed by atoms with Crippen molar-refractivity contribution in [3.63, 3.8) is 0 Å². The van der Waals surface area contributed by atoms with Crippen molar-refractivity contribution in [3.05, 3.63) is 54.1 Å². The molecule has 0 aliphatic rings. The van der Waals surface area contributed by atoms with Crippen LogP contribution in [0, 0.1) is 5.92 Å². The van der Waals surface area contributed by atoms with Gasteiger partial charge in [-0.2, -0.15) is 0 Å². The topological polar surface area (TPSA) is 47.6 Å². The predicted octanol–water partition coefficient (Wildman–Crippen LogP) is 5.54. The highest BCUT2D eigenvalue weighted by molar-refractivity contribution is 6.04. The van der Waals surface area contributed by atoms with E-state index in [0.29, 0.717) is 24.7 Å². The Labute approximate surface area is 156 Å². The van der Waals surface area contributed by atoms with Gasteiger partial charge in [-0.1, -0.05) is 33.3 Å². The predicted molar refractivity (Wildman–Crippen MR) is 106 cm³/mol. The van der Waals surface area contributed by atoms with Crippen molar-refractivity contribution in [3.8, 4) is 11.5 Å². The molecule has 4 nitrogen and oxygen atoms in total. The van der Waals surface area contributed by atoms with Crippen LogP contribution in [0.3, 0.4) is 0 Å². The second kappa shape index (κ2) is 10.5. The van der Waals surface area contributed by atoms with Crippen molar-refractivity contribution < 1.29 is 14.3 Å². The number of hydrogen-bond donors (Lipinski definition) is 1. The summed E-state index contributed by atoms with van der Waals surface area (Å²) in [5, 5.41) is 2.91. The fourth-order valence-corrected chi connectivity index (χ4v) is 2.32. The Balaban J connectivity index is 1.90. The zero-order valence-corrected chi connectivity index (χ0v) is 16.0. The molecule has 0 spiro atoms. The molecule has 1 amide bonds. The van der Waals surface area contributed by atoms with Gasteiger partial charge in [0, 0.05) is 17.3 Å². The van der Waals surface area contributed by atoms with E-state index in [1.54, 1.807) is 12.1 Å². The van der Waals surface area contributed by atoms with Gasteiger partial charge in [-0.25, -0.2) is 0 Å². The summed E-state index contributed by atoms with van der Waals surface area (Å²) in [6.07, 6.45) is 3.13. The summed E-state index contributed by atoms with van der Waals surface area (Å²) in [6.45, 7) is 7.83. The first-order chi connectivity index (χ1) is 12.6. The lowest BCUT2D eigenvalue weighted by Crippen LogP contribution is -2.12. The molecule has 0 saturated heterocycles. The van der Waals surface area contributed by atoms with E-state index in [4.69, 9.17) is 9.47 Å². The molecule has 140 valence electrons. The van der Waals surface area contributed by atoms with E-state index in [2.05, 4.69) is 26.1 Å². The number of nitrogens with one attached hydrogen (secondary N) is 1. The Bertz CT molecular complexity index is 680. The number of ether oxygens (including phenoxy) is 2. The second-order valence-electron chi connectivity index (χ2n) is 6.74. The number of rotatable bonds is 10. The van der Waals surface area contributed by atoms with Crippen molar-refractivity contribution in [1.82, 2.24) is 0 Å². The monoisotopic (exact) mass is 355 g/mol. The Morgan fingerprint density at radius 2 is 1.73 bits per heavy atom. The molecule has 26 heavy (non-hydrogen) atoms. The highest BCUT2D eigenvalue weighted by Gasteiger charge is 2.07. The summed E-state index contributed by atoms with van der Waals surface area (Å²) >= 11 is 0. The van der Waals surface area contributed by atoms with E-state index in [0.717, 1.165) is 36.4 Å². The quantitative estimate of drug-likeness (QED) is 0.569. The highest BCUT2D eigenvalue weighted by atomic mass is 16.5. The normalized spacial score (nSPS) is 10.6. The molecule has 0 aromatic heterocycles. The molecular formula is C22H29NO3. The molecule has 2 aromatic carbocycles. The fraction of sp³-hybridized carbons (Fsp3) is 0.409. The zero-order valence-electron chi connectivity index (χ0n) is 16.0. The molecule has 0 aliphatic carbocycles. The van der Waals surface area contributed by atoms with Crippen LogP contribution < -0.4 is 14.8 Å². The van der Waals surface area contributed by atoms with Crippen molar-refractivity contribution >= 4 is 11.6 Å². The van der Waals surface area contributed by atoms with Crippen molar-refractivity contribution in [1.29, 1.82) is 0 Å². The van der Waals surface area contributed by atoms with E-state index >= 15 is 0 Å². The summed E-state index contributed by atoms with van der Waals surface area (Å²) in [7, 11) is 0. The van der Waals surface area contributed by atoms with Crippen molar-refractivity contribution in [2.24, 2.45) is 5.92 Å². The van der Waals surface area contributed by atoms with Gasteiger partial charge in [0.25, 0.3) is 5.91 Å². The standard InChI is InChI=1S/C22H29NO3/c1-4-5-14-25-20-11-9-18(10-12-20)22(24)23-19-7-6-8-21(16-19)26-15-13-17(2)3/h6-12,16-17H,4-5,13-15H2,1-3H3,(H,23,24). The number of carbonyl (C=O) groups excluding carboxylic acids is 1. The van der Waals surface area contributed by atoms with Gasteiger partial charge >= 0.3 is 0 Å². The summed E-state index contributed by atoms with van der Waals surface area (Å²) in [5.74, 6) is 2.01. The van der Waals surface area contributed by atoms with E-state index in [1.807, 2.05) is 36.4 Å². The van der Waals surface area contributed by atoms with Crippen LogP contribution in [0.1, 0.15) is 50.4 Å².